The van der Waals surface area contributed by atoms with Crippen molar-refractivity contribution in [3.63, 3.8) is 0 Å². The van der Waals surface area contributed by atoms with E-state index >= 15 is 0 Å². The van der Waals surface area contributed by atoms with E-state index in [9.17, 15) is 4.79 Å². The zero-order valence-electron chi connectivity index (χ0n) is 12.3. The molecular weight excluding hydrogens is 244 g/mol. The van der Waals surface area contributed by atoms with Crippen molar-refractivity contribution >= 4 is 6.09 Å². The average molecular weight is 270 g/mol. The molecule has 19 heavy (non-hydrogen) atoms. The maximum Gasteiger partial charge on any atom is 0.408 e. The molecule has 2 aliphatic heterocycles. The van der Waals surface area contributed by atoms with Crippen LogP contribution in [-0.2, 0) is 9.47 Å². The van der Waals surface area contributed by atoms with E-state index in [0.717, 1.165) is 26.1 Å². The number of hydrogen-bond donors (Lipinski definition) is 1. The monoisotopic (exact) mass is 270 g/mol. The molecule has 5 nitrogen and oxygen atoms in total. The lowest BCUT2D eigenvalue weighted by Gasteiger charge is -2.38. The Morgan fingerprint density at radius 1 is 1.32 bits per heavy atom. The third-order valence-corrected chi connectivity index (χ3v) is 3.63. The fourth-order valence-corrected chi connectivity index (χ4v) is 2.83. The molecule has 0 bridgehead atoms. The Hall–Kier alpha value is -0.810. The van der Waals surface area contributed by atoms with Gasteiger partial charge in [0.05, 0.1) is 12.6 Å². The lowest BCUT2D eigenvalue weighted by Crippen LogP contribution is -2.56. The number of likely N-dealkylation sites (tertiary alicyclic amines) is 1. The largest absolute Gasteiger partial charge is 0.444 e. The van der Waals surface area contributed by atoms with E-state index in [1.54, 1.807) is 0 Å². The highest BCUT2D eigenvalue weighted by Crippen LogP contribution is 2.20. The van der Waals surface area contributed by atoms with Gasteiger partial charge >= 0.3 is 6.09 Å². The fraction of sp³-hybridized carbons (Fsp3) is 0.929. The summed E-state index contributed by atoms with van der Waals surface area (Å²) in [5, 5.41) is 2.97. The van der Waals surface area contributed by atoms with Crippen LogP contribution in [0.5, 0.6) is 0 Å². The van der Waals surface area contributed by atoms with Gasteiger partial charge in [0.15, 0.2) is 0 Å². The van der Waals surface area contributed by atoms with Crippen molar-refractivity contribution in [3.05, 3.63) is 0 Å². The highest BCUT2D eigenvalue weighted by atomic mass is 16.6. The minimum atomic E-state index is -0.456. The van der Waals surface area contributed by atoms with E-state index in [1.807, 2.05) is 20.8 Å². The Balaban J connectivity index is 1.90. The minimum absolute atomic E-state index is 0.0432. The predicted molar refractivity (Wildman–Crippen MR) is 73.2 cm³/mol. The van der Waals surface area contributed by atoms with Gasteiger partial charge in [-0.2, -0.15) is 0 Å². The second kappa shape index (κ2) is 6.09. The van der Waals surface area contributed by atoms with Gasteiger partial charge in [-0.3, -0.25) is 4.90 Å². The number of hydrogen-bond acceptors (Lipinski definition) is 4. The first-order valence-corrected chi connectivity index (χ1v) is 7.27. The van der Waals surface area contributed by atoms with Crippen molar-refractivity contribution in [1.82, 2.24) is 10.2 Å². The lowest BCUT2D eigenvalue weighted by molar-refractivity contribution is 0.00255. The first kappa shape index (κ1) is 14.6. The quantitative estimate of drug-likeness (QED) is 0.831. The summed E-state index contributed by atoms with van der Waals surface area (Å²) in [6.07, 6.45) is 3.17. The maximum atomic E-state index is 11.9. The Kier molecular flexibility index (Phi) is 4.68. The summed E-state index contributed by atoms with van der Waals surface area (Å²) in [6, 6.07) is 0.436. The van der Waals surface area contributed by atoms with Crippen molar-refractivity contribution in [2.75, 3.05) is 26.3 Å². The van der Waals surface area contributed by atoms with E-state index in [1.165, 1.54) is 12.8 Å². The number of nitrogens with zero attached hydrogens (tertiary/aromatic N) is 1. The van der Waals surface area contributed by atoms with Gasteiger partial charge in [0.1, 0.15) is 5.60 Å². The molecule has 1 amide bonds. The minimum Gasteiger partial charge on any atom is -0.444 e. The molecule has 2 aliphatic rings. The van der Waals surface area contributed by atoms with Crippen LogP contribution in [0.2, 0.25) is 0 Å². The summed E-state index contributed by atoms with van der Waals surface area (Å²) in [5.41, 5.74) is -0.456. The maximum absolute atomic E-state index is 11.9. The highest BCUT2D eigenvalue weighted by Gasteiger charge is 2.33. The zero-order valence-corrected chi connectivity index (χ0v) is 12.3. The third kappa shape index (κ3) is 4.35. The second-order valence-electron chi connectivity index (χ2n) is 6.43. The van der Waals surface area contributed by atoms with Crippen molar-refractivity contribution in [2.45, 2.75) is 57.7 Å². The van der Waals surface area contributed by atoms with Crippen LogP contribution in [0.1, 0.15) is 40.0 Å². The fourth-order valence-electron chi connectivity index (χ4n) is 2.83. The first-order chi connectivity index (χ1) is 8.96. The van der Waals surface area contributed by atoms with Crippen LogP contribution in [0.3, 0.4) is 0 Å². The SMILES string of the molecule is CC(C)(C)OC(=O)N[C@H]1COCCC1N1CCCC1. The Bertz CT molecular complexity index is 308. The van der Waals surface area contributed by atoms with Gasteiger partial charge < -0.3 is 14.8 Å². The molecule has 1 N–H and O–H groups in total. The van der Waals surface area contributed by atoms with E-state index in [-0.39, 0.29) is 12.1 Å². The van der Waals surface area contributed by atoms with Gasteiger partial charge in [-0.1, -0.05) is 0 Å². The molecule has 2 rings (SSSR count). The van der Waals surface area contributed by atoms with Gasteiger partial charge in [-0.05, 0) is 53.1 Å². The zero-order chi connectivity index (χ0) is 13.9. The van der Waals surface area contributed by atoms with E-state index < -0.39 is 5.60 Å². The molecule has 0 aliphatic carbocycles. The van der Waals surface area contributed by atoms with Crippen molar-refractivity contribution in [1.29, 1.82) is 0 Å². The second-order valence-corrected chi connectivity index (χ2v) is 6.43. The lowest BCUT2D eigenvalue weighted by atomic mass is 10.0. The summed E-state index contributed by atoms with van der Waals surface area (Å²) in [6.45, 7) is 9.27. The number of carbonyl (C=O) groups is 1. The number of rotatable bonds is 2. The Morgan fingerprint density at radius 3 is 2.63 bits per heavy atom. The molecule has 2 saturated heterocycles. The molecule has 0 radical (unpaired) electrons. The van der Waals surface area contributed by atoms with Gasteiger partial charge in [-0.25, -0.2) is 4.79 Å². The van der Waals surface area contributed by atoms with Crippen LogP contribution in [0.25, 0.3) is 0 Å². The number of alkyl carbamates (subject to hydrolysis) is 1. The summed E-state index contributed by atoms with van der Waals surface area (Å²) < 4.78 is 10.8. The number of amides is 1. The third-order valence-electron chi connectivity index (χ3n) is 3.63. The molecule has 2 heterocycles. The van der Waals surface area contributed by atoms with Crippen LogP contribution >= 0.6 is 0 Å². The predicted octanol–water partition coefficient (Wildman–Crippen LogP) is 1.76. The van der Waals surface area contributed by atoms with Crippen molar-refractivity contribution < 1.29 is 14.3 Å². The molecule has 1 unspecified atom stereocenters. The summed E-state index contributed by atoms with van der Waals surface area (Å²) in [4.78, 5) is 14.4. The average Bonchev–Trinajstić information content (AvgIpc) is 2.80. The van der Waals surface area contributed by atoms with E-state index in [2.05, 4.69) is 10.2 Å². The molecule has 0 saturated carbocycles. The van der Waals surface area contributed by atoms with E-state index in [4.69, 9.17) is 9.47 Å². The molecule has 110 valence electrons. The van der Waals surface area contributed by atoms with Crippen LogP contribution in [-0.4, -0.2) is 55.0 Å². The van der Waals surface area contributed by atoms with Crippen molar-refractivity contribution in [2.24, 2.45) is 0 Å². The molecule has 0 aromatic rings. The normalized spacial score (nSPS) is 29.2. The summed E-state index contributed by atoms with van der Waals surface area (Å²) in [7, 11) is 0. The summed E-state index contributed by atoms with van der Waals surface area (Å²) in [5.74, 6) is 0. The number of ether oxygens (including phenoxy) is 2. The molecule has 0 aromatic carbocycles. The Morgan fingerprint density at radius 2 is 2.00 bits per heavy atom. The topological polar surface area (TPSA) is 50.8 Å². The van der Waals surface area contributed by atoms with Gasteiger partial charge in [0.25, 0.3) is 0 Å². The Labute approximate surface area is 115 Å². The van der Waals surface area contributed by atoms with Crippen LogP contribution in [0, 0.1) is 0 Å². The van der Waals surface area contributed by atoms with Gasteiger partial charge in [0, 0.05) is 12.6 Å². The number of nitrogens with one attached hydrogen (secondary N) is 1. The van der Waals surface area contributed by atoms with Crippen LogP contribution in [0.4, 0.5) is 4.79 Å². The number of carbonyl (C=O) groups excluding carboxylic acids is 1. The van der Waals surface area contributed by atoms with Crippen LogP contribution < -0.4 is 5.32 Å². The smallest absolute Gasteiger partial charge is 0.408 e. The van der Waals surface area contributed by atoms with Crippen LogP contribution in [0.15, 0.2) is 0 Å². The molecule has 2 fully saturated rings. The molecule has 0 spiro atoms. The van der Waals surface area contributed by atoms with E-state index in [0.29, 0.717) is 12.6 Å². The first-order valence-electron chi connectivity index (χ1n) is 7.27. The van der Waals surface area contributed by atoms with Gasteiger partial charge in [-0.15, -0.1) is 0 Å². The van der Waals surface area contributed by atoms with Gasteiger partial charge in [0.2, 0.25) is 0 Å². The molecule has 2 atom stereocenters. The standard InChI is InChI=1S/C14H26N2O3/c1-14(2,3)19-13(17)15-11-10-18-9-6-12(11)16-7-4-5-8-16/h11-12H,4-10H2,1-3H3,(H,15,17)/t11-,12?/m0/s1. The molecule has 5 heteroatoms. The highest BCUT2D eigenvalue weighted by molar-refractivity contribution is 5.68. The molecular formula is C14H26N2O3. The molecule has 0 aromatic heterocycles. The summed E-state index contributed by atoms with van der Waals surface area (Å²) >= 11 is 0. The van der Waals surface area contributed by atoms with Crippen molar-refractivity contribution in [3.8, 4) is 0 Å².